The van der Waals surface area contributed by atoms with Crippen LogP contribution in [0.1, 0.15) is 17.3 Å². The molecule has 0 bridgehead atoms. The van der Waals surface area contributed by atoms with Gasteiger partial charge in [-0.2, -0.15) is 0 Å². The number of nitrogens with zero attached hydrogens (tertiary/aromatic N) is 1. The van der Waals surface area contributed by atoms with Crippen molar-refractivity contribution in [1.82, 2.24) is 0 Å². The Labute approximate surface area is 148 Å². The molecule has 2 rings (SSSR count). The number of benzene rings is 2. The van der Waals surface area contributed by atoms with Gasteiger partial charge in [-0.15, -0.1) is 0 Å². The maximum Gasteiger partial charge on any atom is 0.338 e. The van der Waals surface area contributed by atoms with Crippen molar-refractivity contribution < 1.29 is 22.9 Å². The molecule has 8 nitrogen and oxygen atoms in total. The summed E-state index contributed by atoms with van der Waals surface area (Å²) in [4.78, 5) is 21.4. The predicted molar refractivity (Wildman–Crippen MR) is 91.3 cm³/mol. The molecule has 0 aromatic heterocycles. The van der Waals surface area contributed by atoms with Crippen LogP contribution in [0.2, 0.25) is 5.02 Å². The van der Waals surface area contributed by atoms with Crippen LogP contribution in [0.4, 0.5) is 11.4 Å². The number of rotatable bonds is 6. The second-order valence-corrected chi connectivity index (χ2v) is 6.86. The fraction of sp³-hybridized carbons (Fsp3) is 0.133. The first kappa shape index (κ1) is 18.7. The van der Waals surface area contributed by atoms with E-state index in [2.05, 4.69) is 4.72 Å². The van der Waals surface area contributed by atoms with Gasteiger partial charge in [0, 0.05) is 12.1 Å². The van der Waals surface area contributed by atoms with E-state index in [1.165, 1.54) is 36.4 Å². The highest BCUT2D eigenvalue weighted by atomic mass is 35.5. The van der Waals surface area contributed by atoms with Gasteiger partial charge < -0.3 is 4.74 Å². The molecule has 2 aromatic carbocycles. The Morgan fingerprint density at radius 2 is 2.00 bits per heavy atom. The second kappa shape index (κ2) is 7.49. The van der Waals surface area contributed by atoms with Crippen molar-refractivity contribution in [1.29, 1.82) is 0 Å². The van der Waals surface area contributed by atoms with Gasteiger partial charge in [-0.05, 0) is 31.2 Å². The maximum atomic E-state index is 12.4. The third-order valence-corrected chi connectivity index (χ3v) is 4.74. The SMILES string of the molecule is CCOC(=O)c1ccc(NS(=O)(=O)c2cccc([N+](=O)[O-])c2)c(Cl)c1. The van der Waals surface area contributed by atoms with Crippen LogP contribution in [-0.2, 0) is 14.8 Å². The van der Waals surface area contributed by atoms with E-state index in [9.17, 15) is 23.3 Å². The molecule has 0 heterocycles. The monoisotopic (exact) mass is 384 g/mol. The normalized spacial score (nSPS) is 11.0. The fourth-order valence-corrected chi connectivity index (χ4v) is 3.31. The molecule has 0 saturated carbocycles. The lowest BCUT2D eigenvalue weighted by molar-refractivity contribution is -0.385. The van der Waals surface area contributed by atoms with Crippen molar-refractivity contribution in [3.8, 4) is 0 Å². The summed E-state index contributed by atoms with van der Waals surface area (Å²) in [5, 5.41) is 10.8. The number of sulfonamides is 1. The number of nitrogens with one attached hydrogen (secondary N) is 1. The molecule has 132 valence electrons. The number of ether oxygens (including phenoxy) is 1. The predicted octanol–water partition coefficient (Wildman–Crippen LogP) is 3.23. The Kier molecular flexibility index (Phi) is 5.60. The van der Waals surface area contributed by atoms with Crippen molar-refractivity contribution >= 4 is 39.0 Å². The van der Waals surface area contributed by atoms with Crippen molar-refractivity contribution in [2.75, 3.05) is 11.3 Å². The minimum Gasteiger partial charge on any atom is -0.462 e. The first-order valence-corrected chi connectivity index (χ1v) is 8.84. The Morgan fingerprint density at radius 1 is 1.28 bits per heavy atom. The van der Waals surface area contributed by atoms with Crippen molar-refractivity contribution in [3.05, 3.63) is 63.2 Å². The molecule has 1 N–H and O–H groups in total. The molecule has 0 fully saturated rings. The van der Waals surface area contributed by atoms with Gasteiger partial charge in [-0.1, -0.05) is 17.7 Å². The zero-order chi connectivity index (χ0) is 18.6. The van der Waals surface area contributed by atoms with Gasteiger partial charge in [0.25, 0.3) is 15.7 Å². The molecule has 0 aliphatic heterocycles. The third kappa shape index (κ3) is 4.46. The molecule has 0 aliphatic carbocycles. The van der Waals surface area contributed by atoms with E-state index in [1.54, 1.807) is 6.92 Å². The number of non-ortho nitro benzene ring substituents is 1. The molecule has 0 atom stereocenters. The molecule has 2 aromatic rings. The average molecular weight is 385 g/mol. The zero-order valence-electron chi connectivity index (χ0n) is 12.9. The molecule has 0 spiro atoms. The summed E-state index contributed by atoms with van der Waals surface area (Å²) < 4.78 is 31.8. The van der Waals surface area contributed by atoms with Crippen molar-refractivity contribution in [2.45, 2.75) is 11.8 Å². The Hall–Kier alpha value is -2.65. The topological polar surface area (TPSA) is 116 Å². The van der Waals surface area contributed by atoms with Gasteiger partial charge >= 0.3 is 5.97 Å². The molecule has 0 amide bonds. The van der Waals surface area contributed by atoms with Crippen molar-refractivity contribution in [3.63, 3.8) is 0 Å². The number of esters is 1. The van der Waals surface area contributed by atoms with Crippen LogP contribution in [0.3, 0.4) is 0 Å². The molecule has 0 saturated heterocycles. The lowest BCUT2D eigenvalue weighted by Crippen LogP contribution is -2.14. The molecule has 10 heteroatoms. The summed E-state index contributed by atoms with van der Waals surface area (Å²) in [6.07, 6.45) is 0. The Bertz CT molecular complexity index is 929. The van der Waals surface area contributed by atoms with Crippen LogP contribution in [-0.4, -0.2) is 25.9 Å². The van der Waals surface area contributed by atoms with Gasteiger partial charge in [0.15, 0.2) is 0 Å². The van der Waals surface area contributed by atoms with Crippen LogP contribution in [0.25, 0.3) is 0 Å². The number of nitro groups is 1. The van der Waals surface area contributed by atoms with Gasteiger partial charge in [0.2, 0.25) is 0 Å². The van der Waals surface area contributed by atoms with Crippen LogP contribution in [0.5, 0.6) is 0 Å². The Balaban J connectivity index is 2.30. The first-order valence-electron chi connectivity index (χ1n) is 6.98. The minimum atomic E-state index is -4.09. The minimum absolute atomic E-state index is 0.0143. The highest BCUT2D eigenvalue weighted by Crippen LogP contribution is 2.27. The summed E-state index contributed by atoms with van der Waals surface area (Å²) in [7, 11) is -4.09. The molecule has 0 radical (unpaired) electrons. The van der Waals surface area contributed by atoms with E-state index in [0.717, 1.165) is 6.07 Å². The number of carbonyl (C=O) groups is 1. The number of carbonyl (C=O) groups excluding carboxylic acids is 1. The maximum absolute atomic E-state index is 12.4. The average Bonchev–Trinajstić information content (AvgIpc) is 2.57. The van der Waals surface area contributed by atoms with E-state index in [-0.39, 0.29) is 33.5 Å². The molecular formula is C15H13ClN2O6S. The van der Waals surface area contributed by atoms with Crippen LogP contribution < -0.4 is 4.72 Å². The summed E-state index contributed by atoms with van der Waals surface area (Å²) in [5.74, 6) is -0.586. The summed E-state index contributed by atoms with van der Waals surface area (Å²) in [6.45, 7) is 1.85. The second-order valence-electron chi connectivity index (χ2n) is 4.78. The van der Waals surface area contributed by atoms with E-state index < -0.39 is 20.9 Å². The number of halogens is 1. The van der Waals surface area contributed by atoms with E-state index in [1.807, 2.05) is 0 Å². The van der Waals surface area contributed by atoms with E-state index >= 15 is 0 Å². The molecule has 0 aliphatic rings. The summed E-state index contributed by atoms with van der Waals surface area (Å²) in [6, 6.07) is 8.53. The van der Waals surface area contributed by atoms with Gasteiger partial charge in [0.1, 0.15) is 0 Å². The molecule has 25 heavy (non-hydrogen) atoms. The zero-order valence-corrected chi connectivity index (χ0v) is 14.5. The number of hydrogen-bond acceptors (Lipinski definition) is 6. The summed E-state index contributed by atoms with van der Waals surface area (Å²) in [5.41, 5.74) is -0.155. The molecular weight excluding hydrogens is 372 g/mol. The summed E-state index contributed by atoms with van der Waals surface area (Å²) >= 11 is 6.01. The largest absolute Gasteiger partial charge is 0.462 e. The first-order chi connectivity index (χ1) is 11.7. The number of nitro benzene ring substituents is 1. The van der Waals surface area contributed by atoms with Crippen LogP contribution >= 0.6 is 11.6 Å². The third-order valence-electron chi connectivity index (χ3n) is 3.06. The number of anilines is 1. The Morgan fingerprint density at radius 3 is 2.60 bits per heavy atom. The van der Waals surface area contributed by atoms with Crippen LogP contribution in [0.15, 0.2) is 47.4 Å². The molecule has 0 unspecified atom stereocenters. The van der Waals surface area contributed by atoms with Crippen LogP contribution in [0, 0.1) is 10.1 Å². The number of hydrogen-bond donors (Lipinski definition) is 1. The standard InChI is InChI=1S/C15H13ClN2O6S/c1-2-24-15(19)10-6-7-14(13(16)8-10)17-25(22,23)12-5-3-4-11(9-12)18(20)21/h3-9,17H,2H2,1H3. The highest BCUT2D eigenvalue weighted by Gasteiger charge is 2.19. The smallest absolute Gasteiger partial charge is 0.338 e. The van der Waals surface area contributed by atoms with E-state index in [4.69, 9.17) is 16.3 Å². The lowest BCUT2D eigenvalue weighted by Gasteiger charge is -2.10. The highest BCUT2D eigenvalue weighted by molar-refractivity contribution is 7.92. The lowest BCUT2D eigenvalue weighted by atomic mass is 10.2. The van der Waals surface area contributed by atoms with Gasteiger partial charge in [0.05, 0.1) is 32.7 Å². The van der Waals surface area contributed by atoms with Gasteiger partial charge in [-0.3, -0.25) is 14.8 Å². The fourth-order valence-electron chi connectivity index (χ4n) is 1.91. The quantitative estimate of drug-likeness (QED) is 0.464. The van der Waals surface area contributed by atoms with E-state index in [0.29, 0.717) is 0 Å². The van der Waals surface area contributed by atoms with Gasteiger partial charge in [-0.25, -0.2) is 13.2 Å². The van der Waals surface area contributed by atoms with Crippen molar-refractivity contribution in [2.24, 2.45) is 0 Å².